The van der Waals surface area contributed by atoms with Gasteiger partial charge < -0.3 is 14.7 Å². The maximum absolute atomic E-state index is 5.41. The van der Waals surface area contributed by atoms with Crippen molar-refractivity contribution in [3.63, 3.8) is 0 Å². The third kappa shape index (κ3) is 4.08. The minimum absolute atomic E-state index is 0.783. The second kappa shape index (κ2) is 7.95. The van der Waals surface area contributed by atoms with Crippen LogP contribution < -0.4 is 4.74 Å². The molecule has 0 unspecified atom stereocenters. The molecule has 2 aliphatic rings. The molecule has 0 atom stereocenters. The number of ether oxygens (including phenoxy) is 1. The fourth-order valence-electron chi connectivity index (χ4n) is 4.23. The van der Waals surface area contributed by atoms with Crippen LogP contribution in [0.25, 0.3) is 46.4 Å². The first-order chi connectivity index (χ1) is 16.2. The van der Waals surface area contributed by atoms with Crippen LogP contribution in [-0.2, 0) is 6.42 Å². The average molecular weight is 431 g/mol. The minimum Gasteiger partial charge on any atom is -0.497 e. The number of benzene rings is 1. The number of methoxy groups -OCH3 is 1. The zero-order valence-corrected chi connectivity index (χ0v) is 18.2. The molecule has 6 rings (SSSR count). The number of H-pyrrole nitrogens is 2. The van der Waals surface area contributed by atoms with Gasteiger partial charge >= 0.3 is 0 Å². The van der Waals surface area contributed by atoms with Crippen molar-refractivity contribution in [2.24, 2.45) is 0 Å². The summed E-state index contributed by atoms with van der Waals surface area (Å²) in [5.41, 5.74) is 10.1. The number of nitrogens with zero attached hydrogens (tertiary/aromatic N) is 2. The Morgan fingerprint density at radius 1 is 0.667 bits per heavy atom. The van der Waals surface area contributed by atoms with Gasteiger partial charge in [-0.05, 0) is 96.4 Å². The van der Waals surface area contributed by atoms with Gasteiger partial charge in [-0.25, -0.2) is 9.97 Å². The van der Waals surface area contributed by atoms with E-state index in [1.165, 1.54) is 11.1 Å². The summed E-state index contributed by atoms with van der Waals surface area (Å²) in [6, 6.07) is 22.8. The molecule has 3 aromatic heterocycles. The smallest absolute Gasteiger partial charge is 0.119 e. The van der Waals surface area contributed by atoms with Gasteiger partial charge in [-0.15, -0.1) is 0 Å². The summed E-state index contributed by atoms with van der Waals surface area (Å²) in [4.78, 5) is 16.5. The lowest BCUT2D eigenvalue weighted by atomic mass is 10.1. The Morgan fingerprint density at radius 2 is 1.30 bits per heavy atom. The molecule has 0 fully saturated rings. The van der Waals surface area contributed by atoms with Crippen molar-refractivity contribution in [1.29, 1.82) is 0 Å². The van der Waals surface area contributed by atoms with E-state index >= 15 is 0 Å². The molecular formula is C28H22N4O. The third-order valence-corrected chi connectivity index (χ3v) is 5.78. The third-order valence-electron chi connectivity index (χ3n) is 5.78. The van der Waals surface area contributed by atoms with Gasteiger partial charge in [-0.3, -0.25) is 0 Å². The average Bonchev–Trinajstić information content (AvgIpc) is 3.60. The van der Waals surface area contributed by atoms with E-state index in [0.717, 1.165) is 57.0 Å². The highest BCUT2D eigenvalue weighted by Crippen LogP contribution is 2.23. The van der Waals surface area contributed by atoms with Gasteiger partial charge in [0.05, 0.1) is 29.9 Å². The lowest BCUT2D eigenvalue weighted by Gasteiger charge is -2.03. The van der Waals surface area contributed by atoms with E-state index in [0.29, 0.717) is 0 Å². The molecule has 0 radical (unpaired) electrons. The molecule has 0 amide bonds. The molecule has 8 bridgehead atoms. The van der Waals surface area contributed by atoms with Crippen LogP contribution in [0.5, 0.6) is 5.75 Å². The number of hydrogen-bond acceptors (Lipinski definition) is 3. The quantitative estimate of drug-likeness (QED) is 0.348. The predicted molar refractivity (Wildman–Crippen MR) is 135 cm³/mol. The Bertz CT molecular complexity index is 1590. The largest absolute Gasteiger partial charge is 0.497 e. The highest BCUT2D eigenvalue weighted by atomic mass is 16.5. The number of aromatic amines is 2. The van der Waals surface area contributed by atoms with Crippen LogP contribution >= 0.6 is 0 Å². The van der Waals surface area contributed by atoms with E-state index in [9.17, 15) is 0 Å². The van der Waals surface area contributed by atoms with Crippen molar-refractivity contribution in [1.82, 2.24) is 19.9 Å². The van der Waals surface area contributed by atoms with Crippen molar-refractivity contribution < 1.29 is 4.74 Å². The van der Waals surface area contributed by atoms with Crippen molar-refractivity contribution >= 4 is 46.4 Å². The first kappa shape index (κ1) is 19.3. The number of aromatic nitrogens is 4. The highest BCUT2D eigenvalue weighted by Gasteiger charge is 2.07. The standard InChI is InChI=1S/C28H22N4O/c1-33-27-4-2-3-18(12-27)11-19-13-26-16-24-8-7-22(30-24)14-20-5-6-21(29-20)15-23-9-10-25(31-23)17-28(19)32-26/h2-10,12-17,29,32H,11H2,1H3. The minimum atomic E-state index is 0.783. The van der Waals surface area contributed by atoms with Crippen LogP contribution in [0.15, 0.2) is 66.7 Å². The molecule has 5 nitrogen and oxygen atoms in total. The second-order valence-corrected chi connectivity index (χ2v) is 8.23. The molecule has 1 aromatic carbocycles. The number of nitrogens with one attached hydrogen (secondary N) is 2. The van der Waals surface area contributed by atoms with Gasteiger partial charge in [0.15, 0.2) is 0 Å². The fraction of sp³-hybridized carbons (Fsp3) is 0.0714. The number of hydrogen-bond donors (Lipinski definition) is 2. The molecule has 5 heteroatoms. The molecule has 2 aliphatic heterocycles. The molecule has 160 valence electrons. The van der Waals surface area contributed by atoms with Gasteiger partial charge in [0.25, 0.3) is 0 Å². The number of fused-ring (bicyclic) bond motifs is 8. The Balaban J connectivity index is 1.56. The topological polar surface area (TPSA) is 66.6 Å². The Labute approximate surface area is 191 Å². The molecule has 2 N–H and O–H groups in total. The molecule has 5 heterocycles. The lowest BCUT2D eigenvalue weighted by Crippen LogP contribution is -1.89. The second-order valence-electron chi connectivity index (χ2n) is 8.23. The van der Waals surface area contributed by atoms with Crippen molar-refractivity contribution in [2.45, 2.75) is 6.42 Å². The zero-order valence-electron chi connectivity index (χ0n) is 18.2. The molecule has 0 saturated heterocycles. The first-order valence-electron chi connectivity index (χ1n) is 10.9. The summed E-state index contributed by atoms with van der Waals surface area (Å²) >= 11 is 0. The van der Waals surface area contributed by atoms with E-state index in [4.69, 9.17) is 14.7 Å². The summed E-state index contributed by atoms with van der Waals surface area (Å²) in [7, 11) is 1.70. The van der Waals surface area contributed by atoms with Crippen LogP contribution in [0.4, 0.5) is 0 Å². The Kier molecular flexibility index (Phi) is 4.65. The van der Waals surface area contributed by atoms with Crippen LogP contribution in [0.2, 0.25) is 0 Å². The number of rotatable bonds is 3. The van der Waals surface area contributed by atoms with Crippen LogP contribution in [0.3, 0.4) is 0 Å². The summed E-state index contributed by atoms with van der Waals surface area (Å²) in [5.74, 6) is 0.862. The zero-order chi connectivity index (χ0) is 22.2. The molecule has 33 heavy (non-hydrogen) atoms. The fourth-order valence-corrected chi connectivity index (χ4v) is 4.23. The van der Waals surface area contributed by atoms with Gasteiger partial charge in [0.2, 0.25) is 0 Å². The van der Waals surface area contributed by atoms with E-state index in [1.807, 2.05) is 42.5 Å². The normalized spacial score (nSPS) is 12.3. The summed E-state index contributed by atoms with van der Waals surface area (Å²) < 4.78 is 5.41. The Morgan fingerprint density at radius 3 is 1.97 bits per heavy atom. The maximum Gasteiger partial charge on any atom is 0.119 e. The SMILES string of the molecule is COc1cccc(Cc2cc3cc4nc(cc5ccc(cc6nc(cc2[nH]3)C=C6)[nH]5)C=C4)c1. The summed E-state index contributed by atoms with van der Waals surface area (Å²) in [5, 5.41) is 0. The van der Waals surface area contributed by atoms with Crippen molar-refractivity contribution in [3.05, 3.63) is 101 Å². The monoisotopic (exact) mass is 430 g/mol. The molecule has 0 aliphatic carbocycles. The first-order valence-corrected chi connectivity index (χ1v) is 10.9. The van der Waals surface area contributed by atoms with Gasteiger partial charge in [-0.2, -0.15) is 0 Å². The van der Waals surface area contributed by atoms with E-state index < -0.39 is 0 Å². The van der Waals surface area contributed by atoms with Crippen LogP contribution in [0, 0.1) is 0 Å². The van der Waals surface area contributed by atoms with Gasteiger partial charge in [0.1, 0.15) is 5.75 Å². The van der Waals surface area contributed by atoms with Gasteiger partial charge in [-0.1, -0.05) is 12.1 Å². The van der Waals surface area contributed by atoms with Crippen LogP contribution in [0.1, 0.15) is 33.9 Å². The summed E-state index contributed by atoms with van der Waals surface area (Å²) in [6.07, 6.45) is 8.94. The van der Waals surface area contributed by atoms with E-state index in [2.05, 4.69) is 58.5 Å². The molecule has 4 aromatic rings. The highest BCUT2D eigenvalue weighted by molar-refractivity contribution is 5.78. The van der Waals surface area contributed by atoms with E-state index in [1.54, 1.807) is 7.11 Å². The molecule has 0 spiro atoms. The Hall–Kier alpha value is -4.38. The predicted octanol–water partition coefficient (Wildman–Crippen LogP) is 6.26. The van der Waals surface area contributed by atoms with E-state index in [-0.39, 0.29) is 0 Å². The maximum atomic E-state index is 5.41. The molecule has 0 saturated carbocycles. The van der Waals surface area contributed by atoms with Crippen molar-refractivity contribution in [3.8, 4) is 5.75 Å². The van der Waals surface area contributed by atoms with Crippen molar-refractivity contribution in [2.75, 3.05) is 7.11 Å². The van der Waals surface area contributed by atoms with Crippen LogP contribution in [-0.4, -0.2) is 27.0 Å². The van der Waals surface area contributed by atoms with Gasteiger partial charge in [0, 0.05) is 22.1 Å². The molecular weight excluding hydrogens is 408 g/mol. The summed E-state index contributed by atoms with van der Waals surface area (Å²) in [6.45, 7) is 0. The lowest BCUT2D eigenvalue weighted by molar-refractivity contribution is 0.414.